The van der Waals surface area contributed by atoms with E-state index >= 15 is 0 Å². The minimum atomic E-state index is -0.445. The van der Waals surface area contributed by atoms with Crippen LogP contribution in [-0.2, 0) is 10.3 Å². The molecule has 0 bridgehead atoms. The van der Waals surface area contributed by atoms with Gasteiger partial charge in [0.05, 0.1) is 17.6 Å². The summed E-state index contributed by atoms with van der Waals surface area (Å²) < 4.78 is 5.38. The Morgan fingerprint density at radius 2 is 2.24 bits per heavy atom. The molecule has 1 aromatic heterocycles. The third-order valence-corrected chi connectivity index (χ3v) is 3.45. The Kier molecular flexibility index (Phi) is 2.24. The number of hydrogen-bond acceptors (Lipinski definition) is 3. The first kappa shape index (κ1) is 10.7. The third kappa shape index (κ3) is 1.64. The lowest BCUT2D eigenvalue weighted by atomic mass is 10.00. The average Bonchev–Trinajstić information content (AvgIpc) is 2.84. The molecule has 4 heteroatoms. The average molecular weight is 231 g/mol. The third-order valence-electron chi connectivity index (χ3n) is 3.45. The first-order chi connectivity index (χ1) is 8.08. The van der Waals surface area contributed by atoms with E-state index < -0.39 is 5.54 Å². The van der Waals surface area contributed by atoms with Crippen molar-refractivity contribution in [1.82, 2.24) is 9.97 Å². The molecule has 3 rings (SSSR count). The van der Waals surface area contributed by atoms with Crippen molar-refractivity contribution < 1.29 is 4.74 Å². The molecule has 1 unspecified atom stereocenters. The number of benzene rings is 1. The number of fused-ring (bicyclic) bond motifs is 1. The highest BCUT2D eigenvalue weighted by molar-refractivity contribution is 5.79. The fraction of sp³-hybridized carbons (Fsp3) is 0.462. The van der Waals surface area contributed by atoms with Crippen molar-refractivity contribution in [2.45, 2.75) is 25.8 Å². The number of imidazole rings is 1. The van der Waals surface area contributed by atoms with Crippen molar-refractivity contribution in [3.63, 3.8) is 0 Å². The van der Waals surface area contributed by atoms with Gasteiger partial charge in [0.15, 0.2) is 0 Å². The zero-order valence-electron chi connectivity index (χ0n) is 10.2. The Labute approximate surface area is 100 Å². The van der Waals surface area contributed by atoms with Crippen molar-refractivity contribution in [2.75, 3.05) is 13.2 Å². The number of aryl methyl sites for hydroxylation is 2. The van der Waals surface area contributed by atoms with Gasteiger partial charge in [0.1, 0.15) is 11.4 Å². The van der Waals surface area contributed by atoms with Crippen molar-refractivity contribution in [3.8, 4) is 0 Å². The topological polar surface area (TPSA) is 63.9 Å². The van der Waals surface area contributed by atoms with Gasteiger partial charge in [0.25, 0.3) is 0 Å². The van der Waals surface area contributed by atoms with Crippen LogP contribution in [0.2, 0.25) is 0 Å². The highest BCUT2D eigenvalue weighted by Gasteiger charge is 2.35. The van der Waals surface area contributed by atoms with Crippen LogP contribution in [0.25, 0.3) is 11.0 Å². The molecule has 0 amide bonds. The minimum Gasteiger partial charge on any atom is -0.379 e. The van der Waals surface area contributed by atoms with Crippen LogP contribution in [0.1, 0.15) is 23.4 Å². The van der Waals surface area contributed by atoms with Crippen molar-refractivity contribution in [2.24, 2.45) is 5.73 Å². The van der Waals surface area contributed by atoms with Crippen LogP contribution in [0, 0.1) is 13.8 Å². The first-order valence-corrected chi connectivity index (χ1v) is 5.93. The van der Waals surface area contributed by atoms with Gasteiger partial charge in [-0.05, 0) is 37.5 Å². The van der Waals surface area contributed by atoms with Crippen LogP contribution >= 0.6 is 0 Å². The summed E-state index contributed by atoms with van der Waals surface area (Å²) in [4.78, 5) is 7.99. The molecule has 1 saturated heterocycles. The summed E-state index contributed by atoms with van der Waals surface area (Å²) in [6.07, 6.45) is 0.824. The maximum atomic E-state index is 6.31. The molecule has 0 radical (unpaired) electrons. The summed E-state index contributed by atoms with van der Waals surface area (Å²) >= 11 is 0. The van der Waals surface area contributed by atoms with E-state index in [1.165, 1.54) is 11.1 Å². The number of nitrogens with zero attached hydrogens (tertiary/aromatic N) is 1. The lowest BCUT2D eigenvalue weighted by molar-refractivity contribution is 0.176. The molecule has 90 valence electrons. The smallest absolute Gasteiger partial charge is 0.129 e. The normalized spacial score (nSPS) is 24.6. The number of ether oxygens (including phenoxy) is 1. The van der Waals surface area contributed by atoms with Gasteiger partial charge < -0.3 is 15.5 Å². The number of aromatic nitrogens is 2. The van der Waals surface area contributed by atoms with Crippen molar-refractivity contribution in [3.05, 3.63) is 29.1 Å². The van der Waals surface area contributed by atoms with Crippen LogP contribution < -0.4 is 5.73 Å². The van der Waals surface area contributed by atoms with E-state index in [4.69, 9.17) is 10.5 Å². The molecule has 1 aromatic carbocycles. The van der Waals surface area contributed by atoms with Gasteiger partial charge in [-0.15, -0.1) is 0 Å². The van der Waals surface area contributed by atoms with E-state index in [1.807, 2.05) is 0 Å². The molecule has 4 nitrogen and oxygen atoms in total. The Hall–Kier alpha value is -1.39. The molecular formula is C13H17N3O. The summed E-state index contributed by atoms with van der Waals surface area (Å²) in [7, 11) is 0. The first-order valence-electron chi connectivity index (χ1n) is 5.93. The highest BCUT2D eigenvalue weighted by atomic mass is 16.5. The van der Waals surface area contributed by atoms with Gasteiger partial charge in [-0.3, -0.25) is 0 Å². The monoisotopic (exact) mass is 231 g/mol. The lowest BCUT2D eigenvalue weighted by Crippen LogP contribution is -2.38. The Morgan fingerprint density at radius 3 is 2.94 bits per heavy atom. The van der Waals surface area contributed by atoms with Gasteiger partial charge in [0, 0.05) is 6.61 Å². The SMILES string of the molecule is Cc1cc(C)c2nc(C3(N)CCOC3)[nH]c2c1. The molecule has 1 atom stereocenters. The number of aromatic amines is 1. The number of H-pyrrole nitrogens is 1. The molecular weight excluding hydrogens is 214 g/mol. The number of nitrogens with one attached hydrogen (secondary N) is 1. The molecule has 2 aromatic rings. The largest absolute Gasteiger partial charge is 0.379 e. The summed E-state index contributed by atoms with van der Waals surface area (Å²) in [6, 6.07) is 4.25. The molecule has 0 saturated carbocycles. The number of hydrogen-bond donors (Lipinski definition) is 2. The molecule has 3 N–H and O–H groups in total. The van der Waals surface area contributed by atoms with E-state index in [2.05, 4.69) is 35.9 Å². The summed E-state index contributed by atoms with van der Waals surface area (Å²) in [6.45, 7) is 5.43. The maximum absolute atomic E-state index is 6.31. The standard InChI is InChI=1S/C13H17N3O/c1-8-5-9(2)11-10(6-8)15-12(16-11)13(14)3-4-17-7-13/h5-6H,3-4,7,14H2,1-2H3,(H,15,16). The lowest BCUT2D eigenvalue weighted by Gasteiger charge is -2.17. The fourth-order valence-corrected chi connectivity index (χ4v) is 2.47. The second kappa shape index (κ2) is 3.55. The Balaban J connectivity index is 2.16. The van der Waals surface area contributed by atoms with E-state index in [-0.39, 0.29) is 0 Å². The molecule has 0 spiro atoms. The molecule has 0 aliphatic carbocycles. The van der Waals surface area contributed by atoms with E-state index in [0.717, 1.165) is 23.3 Å². The molecule has 1 fully saturated rings. The zero-order chi connectivity index (χ0) is 12.0. The Bertz CT molecular complexity index is 567. The van der Waals surface area contributed by atoms with Crippen molar-refractivity contribution in [1.29, 1.82) is 0 Å². The second-order valence-corrected chi connectivity index (χ2v) is 5.02. The molecule has 2 heterocycles. The fourth-order valence-electron chi connectivity index (χ4n) is 2.47. The minimum absolute atomic E-state index is 0.445. The van der Waals surface area contributed by atoms with Crippen LogP contribution in [0.3, 0.4) is 0 Å². The van der Waals surface area contributed by atoms with E-state index in [9.17, 15) is 0 Å². The van der Waals surface area contributed by atoms with Gasteiger partial charge in [-0.25, -0.2) is 4.98 Å². The molecule has 1 aliphatic heterocycles. The molecule has 17 heavy (non-hydrogen) atoms. The molecule has 1 aliphatic rings. The van der Waals surface area contributed by atoms with Gasteiger partial charge >= 0.3 is 0 Å². The summed E-state index contributed by atoms with van der Waals surface area (Å²) in [5, 5.41) is 0. The quantitative estimate of drug-likeness (QED) is 0.786. The van der Waals surface area contributed by atoms with Crippen LogP contribution in [-0.4, -0.2) is 23.2 Å². The van der Waals surface area contributed by atoms with Crippen molar-refractivity contribution >= 4 is 11.0 Å². The second-order valence-electron chi connectivity index (χ2n) is 5.02. The van der Waals surface area contributed by atoms with Crippen LogP contribution in [0.15, 0.2) is 12.1 Å². The predicted molar refractivity (Wildman–Crippen MR) is 66.9 cm³/mol. The zero-order valence-corrected chi connectivity index (χ0v) is 10.2. The Morgan fingerprint density at radius 1 is 1.41 bits per heavy atom. The van der Waals surface area contributed by atoms with Gasteiger partial charge in [0.2, 0.25) is 0 Å². The number of nitrogens with two attached hydrogens (primary N) is 1. The summed E-state index contributed by atoms with van der Waals surface area (Å²) in [5.41, 5.74) is 10.4. The maximum Gasteiger partial charge on any atom is 0.129 e. The number of rotatable bonds is 1. The highest BCUT2D eigenvalue weighted by Crippen LogP contribution is 2.28. The van der Waals surface area contributed by atoms with Gasteiger partial charge in [-0.1, -0.05) is 6.07 Å². The predicted octanol–water partition coefficient (Wildman–Crippen LogP) is 1.75. The van der Waals surface area contributed by atoms with Crippen LogP contribution in [0.5, 0.6) is 0 Å². The van der Waals surface area contributed by atoms with Gasteiger partial charge in [-0.2, -0.15) is 0 Å². The van der Waals surface area contributed by atoms with E-state index in [0.29, 0.717) is 13.2 Å². The van der Waals surface area contributed by atoms with Crippen LogP contribution in [0.4, 0.5) is 0 Å². The van der Waals surface area contributed by atoms with E-state index in [1.54, 1.807) is 0 Å². The summed E-state index contributed by atoms with van der Waals surface area (Å²) in [5.74, 6) is 0.846.